The second kappa shape index (κ2) is 7.64. The zero-order chi connectivity index (χ0) is 24.3. The van der Waals surface area contributed by atoms with Crippen LogP contribution in [0.25, 0.3) is 11.3 Å². The molecule has 0 aliphatic carbocycles. The third kappa shape index (κ3) is 3.80. The molecule has 11 heteroatoms. The second-order valence-electron chi connectivity index (χ2n) is 7.96. The van der Waals surface area contributed by atoms with Gasteiger partial charge in [0.15, 0.2) is 5.82 Å². The molecule has 2 aliphatic rings. The first-order valence-corrected chi connectivity index (χ1v) is 10.3. The van der Waals surface area contributed by atoms with Crippen LogP contribution in [0.5, 0.6) is 0 Å². The number of hydrogen-bond acceptors (Lipinski definition) is 3. The standard InChI is InChI=1S/C23H16F6N4O/c24-22(25,26)14-4-1-3-13(11-14)17-7-8-18-20(31-17)33(19-9-10-32(18)19)21(34)30-16-6-2-5-15(12-16)23(27,28)29/h1-8,11-12,19H,9-10H2,(H,30,34). The Kier molecular flexibility index (Phi) is 4.96. The third-order valence-electron chi connectivity index (χ3n) is 5.82. The summed E-state index contributed by atoms with van der Waals surface area (Å²) in [5, 5.41) is 2.48. The maximum Gasteiger partial charge on any atom is 0.416 e. The van der Waals surface area contributed by atoms with Crippen molar-refractivity contribution in [1.29, 1.82) is 0 Å². The molecule has 1 unspecified atom stereocenters. The lowest BCUT2D eigenvalue weighted by Crippen LogP contribution is -2.56. The molecule has 34 heavy (non-hydrogen) atoms. The lowest BCUT2D eigenvalue weighted by Gasteiger charge is -2.39. The summed E-state index contributed by atoms with van der Waals surface area (Å²) in [7, 11) is 0. The van der Waals surface area contributed by atoms with E-state index in [1.54, 1.807) is 12.1 Å². The summed E-state index contributed by atoms with van der Waals surface area (Å²) >= 11 is 0. The van der Waals surface area contributed by atoms with E-state index in [1.165, 1.54) is 29.2 Å². The Morgan fingerprint density at radius 2 is 1.59 bits per heavy atom. The fourth-order valence-electron chi connectivity index (χ4n) is 4.11. The molecule has 2 amide bonds. The maximum atomic E-state index is 13.1. The number of nitrogens with zero attached hydrogens (tertiary/aromatic N) is 3. The van der Waals surface area contributed by atoms with Crippen LogP contribution in [0.2, 0.25) is 0 Å². The van der Waals surface area contributed by atoms with Gasteiger partial charge in [0.05, 0.1) is 22.5 Å². The normalized spacial score (nSPS) is 17.2. The lowest BCUT2D eigenvalue weighted by molar-refractivity contribution is -0.138. The molecule has 0 saturated carbocycles. The van der Waals surface area contributed by atoms with E-state index in [-0.39, 0.29) is 28.9 Å². The number of carbonyl (C=O) groups excluding carboxylic acids is 1. The lowest BCUT2D eigenvalue weighted by atomic mass is 10.1. The number of alkyl halides is 6. The van der Waals surface area contributed by atoms with Gasteiger partial charge in [0.2, 0.25) is 0 Å². The second-order valence-corrected chi connectivity index (χ2v) is 7.96. The Morgan fingerprint density at radius 1 is 0.912 bits per heavy atom. The van der Waals surface area contributed by atoms with Crippen molar-refractivity contribution < 1.29 is 31.1 Å². The average Bonchev–Trinajstić information content (AvgIpc) is 2.98. The quantitative estimate of drug-likeness (QED) is 0.435. The maximum absolute atomic E-state index is 13.1. The zero-order valence-electron chi connectivity index (χ0n) is 17.3. The molecule has 0 spiro atoms. The molecule has 1 atom stereocenters. The van der Waals surface area contributed by atoms with E-state index in [9.17, 15) is 31.1 Å². The van der Waals surface area contributed by atoms with Gasteiger partial charge in [-0.3, -0.25) is 4.90 Å². The van der Waals surface area contributed by atoms with Crippen LogP contribution in [0.1, 0.15) is 17.5 Å². The largest absolute Gasteiger partial charge is 0.416 e. The van der Waals surface area contributed by atoms with Crippen molar-refractivity contribution in [3.05, 3.63) is 71.8 Å². The number of benzene rings is 2. The van der Waals surface area contributed by atoms with Gasteiger partial charge < -0.3 is 10.2 Å². The van der Waals surface area contributed by atoms with Crippen molar-refractivity contribution in [2.45, 2.75) is 24.9 Å². The van der Waals surface area contributed by atoms with Crippen molar-refractivity contribution >= 4 is 23.2 Å². The molecule has 2 aliphatic heterocycles. The van der Waals surface area contributed by atoms with Gasteiger partial charge in [-0.05, 0) is 42.5 Å². The van der Waals surface area contributed by atoms with Gasteiger partial charge in [0, 0.05) is 24.2 Å². The molecule has 3 aromatic rings. The number of anilines is 3. The molecule has 176 valence electrons. The fraction of sp³-hybridized carbons (Fsp3) is 0.217. The van der Waals surface area contributed by atoms with Gasteiger partial charge in [-0.2, -0.15) is 26.3 Å². The van der Waals surface area contributed by atoms with Gasteiger partial charge in [0.1, 0.15) is 6.17 Å². The number of aromatic nitrogens is 1. The van der Waals surface area contributed by atoms with Crippen LogP contribution in [0.15, 0.2) is 60.7 Å². The summed E-state index contributed by atoms with van der Waals surface area (Å²) in [5.41, 5.74) is -0.661. The number of carbonyl (C=O) groups is 1. The molecule has 1 fully saturated rings. The number of pyridine rings is 1. The van der Waals surface area contributed by atoms with E-state index in [4.69, 9.17) is 0 Å². The Bertz CT molecular complexity index is 1270. The van der Waals surface area contributed by atoms with E-state index in [0.29, 0.717) is 18.7 Å². The Balaban J connectivity index is 1.47. The number of fused-ring (bicyclic) bond motifs is 3. The van der Waals surface area contributed by atoms with E-state index in [2.05, 4.69) is 10.3 Å². The predicted octanol–water partition coefficient (Wildman–Crippen LogP) is 6.37. The summed E-state index contributed by atoms with van der Waals surface area (Å²) in [6.45, 7) is 0.648. The third-order valence-corrected chi connectivity index (χ3v) is 5.82. The molecule has 0 bridgehead atoms. The molecule has 1 N–H and O–H groups in total. The Hall–Kier alpha value is -3.76. The molecular weight excluding hydrogens is 462 g/mol. The number of nitrogens with one attached hydrogen (secondary N) is 1. The highest BCUT2D eigenvalue weighted by Crippen LogP contribution is 2.45. The van der Waals surface area contributed by atoms with E-state index in [0.717, 1.165) is 24.3 Å². The zero-order valence-corrected chi connectivity index (χ0v) is 17.3. The number of hydrogen-bond donors (Lipinski definition) is 1. The van der Waals surface area contributed by atoms with E-state index >= 15 is 0 Å². The van der Waals surface area contributed by atoms with Gasteiger partial charge in [0.25, 0.3) is 0 Å². The Morgan fingerprint density at radius 3 is 2.24 bits per heavy atom. The van der Waals surface area contributed by atoms with Crippen LogP contribution in [-0.2, 0) is 12.4 Å². The van der Waals surface area contributed by atoms with E-state index < -0.39 is 29.5 Å². The van der Waals surface area contributed by atoms with Crippen LogP contribution >= 0.6 is 0 Å². The van der Waals surface area contributed by atoms with Gasteiger partial charge in [-0.1, -0.05) is 18.2 Å². The molecule has 5 nitrogen and oxygen atoms in total. The first kappa shape index (κ1) is 22.1. The summed E-state index contributed by atoms with van der Waals surface area (Å²) in [6, 6.07) is 11.5. The van der Waals surface area contributed by atoms with Crippen LogP contribution < -0.4 is 15.1 Å². The first-order valence-electron chi connectivity index (χ1n) is 10.3. The van der Waals surface area contributed by atoms with Crippen LogP contribution in [0.3, 0.4) is 0 Å². The minimum absolute atomic E-state index is 0.0341. The molecule has 2 aromatic carbocycles. The monoisotopic (exact) mass is 478 g/mol. The summed E-state index contributed by atoms with van der Waals surface area (Å²) in [6.07, 6.45) is -8.84. The van der Waals surface area contributed by atoms with Crippen LogP contribution in [-0.4, -0.2) is 23.7 Å². The van der Waals surface area contributed by atoms with Crippen LogP contribution in [0, 0.1) is 0 Å². The van der Waals surface area contributed by atoms with Gasteiger partial charge >= 0.3 is 18.4 Å². The molecule has 1 aromatic heterocycles. The molecule has 5 rings (SSSR count). The predicted molar refractivity (Wildman–Crippen MR) is 113 cm³/mol. The minimum Gasteiger partial charge on any atom is -0.347 e. The minimum atomic E-state index is -4.56. The smallest absolute Gasteiger partial charge is 0.347 e. The van der Waals surface area contributed by atoms with Gasteiger partial charge in [-0.15, -0.1) is 0 Å². The highest BCUT2D eigenvalue weighted by molar-refractivity contribution is 6.06. The molecule has 0 radical (unpaired) electrons. The van der Waals surface area contributed by atoms with Gasteiger partial charge in [-0.25, -0.2) is 9.78 Å². The highest BCUT2D eigenvalue weighted by atomic mass is 19.4. The van der Waals surface area contributed by atoms with E-state index in [1.807, 2.05) is 4.90 Å². The Labute approximate surface area is 189 Å². The van der Waals surface area contributed by atoms with Crippen LogP contribution in [0.4, 0.5) is 48.3 Å². The van der Waals surface area contributed by atoms with Crippen molar-refractivity contribution in [3.8, 4) is 11.3 Å². The van der Waals surface area contributed by atoms with Crippen molar-refractivity contribution in [2.75, 3.05) is 21.7 Å². The van der Waals surface area contributed by atoms with Crippen molar-refractivity contribution in [1.82, 2.24) is 4.98 Å². The summed E-state index contributed by atoms with van der Waals surface area (Å²) in [5.74, 6) is 0.238. The topological polar surface area (TPSA) is 48.5 Å². The SMILES string of the molecule is O=C(Nc1cccc(C(F)(F)F)c1)N1c2nc(-c3cccc(C(F)(F)F)c3)ccc2N2CCC21. The number of rotatable bonds is 2. The summed E-state index contributed by atoms with van der Waals surface area (Å²) in [4.78, 5) is 20.8. The highest BCUT2D eigenvalue weighted by Gasteiger charge is 2.46. The average molecular weight is 478 g/mol. The van der Waals surface area contributed by atoms with Crippen molar-refractivity contribution in [3.63, 3.8) is 0 Å². The number of amides is 2. The molecule has 1 saturated heterocycles. The first-order chi connectivity index (χ1) is 16.0. The van der Waals surface area contributed by atoms with Crippen molar-refractivity contribution in [2.24, 2.45) is 0 Å². The molecule has 3 heterocycles. The fourth-order valence-corrected chi connectivity index (χ4v) is 4.11. The summed E-state index contributed by atoms with van der Waals surface area (Å²) < 4.78 is 78.5. The number of urea groups is 1. The number of halogens is 6. The molecular formula is C23H16F6N4O.